The lowest BCUT2D eigenvalue weighted by molar-refractivity contribution is 0.0721. The summed E-state index contributed by atoms with van der Waals surface area (Å²) in [5.74, 6) is -0.323. The summed E-state index contributed by atoms with van der Waals surface area (Å²) in [6.45, 7) is 1.26. The minimum absolute atomic E-state index is 0.267. The fourth-order valence-electron chi connectivity index (χ4n) is 2.57. The first-order chi connectivity index (χ1) is 12.1. The molecule has 1 atom stereocenters. The van der Waals surface area contributed by atoms with Gasteiger partial charge in [-0.1, -0.05) is 30.3 Å². The van der Waals surface area contributed by atoms with Crippen LogP contribution in [-0.2, 0) is 21.4 Å². The number of thiazole rings is 1. The molecule has 0 spiro atoms. The zero-order valence-corrected chi connectivity index (χ0v) is 15.1. The van der Waals surface area contributed by atoms with Crippen LogP contribution in [0.2, 0.25) is 0 Å². The summed E-state index contributed by atoms with van der Waals surface area (Å²) in [6, 6.07) is 8.42. The van der Waals surface area contributed by atoms with E-state index in [1.165, 1.54) is 21.8 Å². The lowest BCUT2D eigenvalue weighted by Gasteiger charge is -2.28. The average Bonchev–Trinajstić information content (AvgIpc) is 3.17. The van der Waals surface area contributed by atoms with Gasteiger partial charge in [-0.2, -0.15) is 17.4 Å². The van der Waals surface area contributed by atoms with Crippen molar-refractivity contribution >= 4 is 27.3 Å². The van der Waals surface area contributed by atoms with Gasteiger partial charge in [0.15, 0.2) is 5.01 Å². The van der Waals surface area contributed by atoms with Crippen LogP contribution in [0, 0.1) is 0 Å². The van der Waals surface area contributed by atoms with Crippen molar-refractivity contribution in [2.24, 2.45) is 0 Å². The minimum Gasteiger partial charge on any atom is -0.379 e. The maximum absolute atomic E-state index is 12.7. The second kappa shape index (κ2) is 8.15. The Hall–Kier alpha value is -1.65. The molecule has 0 bridgehead atoms. The van der Waals surface area contributed by atoms with Gasteiger partial charge in [-0.3, -0.25) is 4.79 Å². The summed E-state index contributed by atoms with van der Waals surface area (Å²) < 4.78 is 34.4. The van der Waals surface area contributed by atoms with Crippen LogP contribution in [-0.4, -0.2) is 55.8 Å². The molecule has 1 N–H and O–H groups in total. The van der Waals surface area contributed by atoms with E-state index in [-0.39, 0.29) is 25.3 Å². The van der Waals surface area contributed by atoms with Gasteiger partial charge in [0, 0.05) is 24.7 Å². The van der Waals surface area contributed by atoms with Gasteiger partial charge in [0.05, 0.1) is 19.3 Å². The van der Waals surface area contributed by atoms with E-state index < -0.39 is 16.3 Å². The Morgan fingerprint density at radius 3 is 2.64 bits per heavy atom. The summed E-state index contributed by atoms with van der Waals surface area (Å²) in [5, 5.41) is 1.99. The number of nitrogens with zero attached hydrogens (tertiary/aromatic N) is 2. The molecule has 1 fully saturated rings. The topological polar surface area (TPSA) is 88.6 Å². The first kappa shape index (κ1) is 18.2. The number of benzene rings is 1. The van der Waals surface area contributed by atoms with Crippen LogP contribution in [0.1, 0.15) is 15.4 Å². The molecule has 1 aromatic carbocycles. The van der Waals surface area contributed by atoms with E-state index in [9.17, 15) is 13.2 Å². The van der Waals surface area contributed by atoms with Crippen LogP contribution in [0.25, 0.3) is 0 Å². The van der Waals surface area contributed by atoms with Gasteiger partial charge in [-0.15, -0.1) is 11.3 Å². The molecule has 0 saturated carbocycles. The molecule has 1 aromatic heterocycles. The molecule has 0 radical (unpaired) electrons. The number of ether oxygens (including phenoxy) is 1. The van der Waals surface area contributed by atoms with Crippen LogP contribution in [0.4, 0.5) is 0 Å². The monoisotopic (exact) mass is 381 g/mol. The molecule has 9 heteroatoms. The Bertz CT molecular complexity index is 788. The molecule has 0 unspecified atom stereocenters. The van der Waals surface area contributed by atoms with E-state index in [1.54, 1.807) is 5.38 Å². The lowest BCUT2D eigenvalue weighted by Crippen LogP contribution is -2.52. The predicted molar refractivity (Wildman–Crippen MR) is 94.8 cm³/mol. The summed E-state index contributed by atoms with van der Waals surface area (Å²) in [7, 11) is -3.78. The van der Waals surface area contributed by atoms with E-state index in [1.807, 2.05) is 30.3 Å². The van der Waals surface area contributed by atoms with Crippen LogP contribution >= 0.6 is 11.3 Å². The van der Waals surface area contributed by atoms with Crippen molar-refractivity contribution in [3.8, 4) is 0 Å². The highest BCUT2D eigenvalue weighted by molar-refractivity contribution is 7.87. The smallest absolute Gasteiger partial charge is 0.280 e. The maximum Gasteiger partial charge on any atom is 0.280 e. The number of hydrogen-bond donors (Lipinski definition) is 1. The van der Waals surface area contributed by atoms with Gasteiger partial charge in [-0.25, -0.2) is 4.98 Å². The van der Waals surface area contributed by atoms with Gasteiger partial charge in [0.25, 0.3) is 10.2 Å². The number of morpholine rings is 1. The van der Waals surface area contributed by atoms with E-state index in [4.69, 9.17) is 4.74 Å². The predicted octanol–water partition coefficient (Wildman–Crippen LogP) is 1.10. The van der Waals surface area contributed by atoms with Gasteiger partial charge in [0.2, 0.25) is 5.78 Å². The molecule has 0 aliphatic carbocycles. The molecule has 2 aromatic rings. The molecule has 134 valence electrons. The summed E-state index contributed by atoms with van der Waals surface area (Å²) in [5.41, 5.74) is 0.877. The number of nitrogens with one attached hydrogen (secondary N) is 1. The lowest BCUT2D eigenvalue weighted by atomic mass is 10.0. The van der Waals surface area contributed by atoms with Crippen molar-refractivity contribution in [3.05, 3.63) is 52.5 Å². The first-order valence-electron chi connectivity index (χ1n) is 7.89. The number of hydrogen-bond acceptors (Lipinski definition) is 6. The molecular formula is C16H19N3O4S2. The normalized spacial score (nSPS) is 17.3. The van der Waals surface area contributed by atoms with Gasteiger partial charge < -0.3 is 4.74 Å². The number of carbonyl (C=O) groups excluding carboxylic acids is 1. The molecule has 1 saturated heterocycles. The third-order valence-electron chi connectivity index (χ3n) is 3.84. The van der Waals surface area contributed by atoms with E-state index in [0.29, 0.717) is 18.2 Å². The molecule has 1 aliphatic rings. The van der Waals surface area contributed by atoms with Crippen molar-refractivity contribution in [1.82, 2.24) is 14.0 Å². The number of ketones is 1. The zero-order chi connectivity index (χ0) is 17.7. The second-order valence-corrected chi connectivity index (χ2v) is 8.17. The average molecular weight is 381 g/mol. The molecule has 0 amide bonds. The SMILES string of the molecule is O=C(c1nccs1)[C@H](Cc1ccccc1)NS(=O)(=O)N1CCOCC1. The van der Waals surface area contributed by atoms with Crippen molar-refractivity contribution in [1.29, 1.82) is 0 Å². The fraction of sp³-hybridized carbons (Fsp3) is 0.375. The minimum atomic E-state index is -3.78. The van der Waals surface area contributed by atoms with Gasteiger partial charge in [-0.05, 0) is 12.0 Å². The highest BCUT2D eigenvalue weighted by Gasteiger charge is 2.31. The Balaban J connectivity index is 1.81. The summed E-state index contributed by atoms with van der Waals surface area (Å²) in [4.78, 5) is 16.8. The van der Waals surface area contributed by atoms with Gasteiger partial charge in [0.1, 0.15) is 0 Å². The quantitative estimate of drug-likeness (QED) is 0.726. The zero-order valence-electron chi connectivity index (χ0n) is 13.5. The van der Waals surface area contributed by atoms with Crippen LogP contribution in [0.3, 0.4) is 0 Å². The number of aromatic nitrogens is 1. The third-order valence-corrected chi connectivity index (χ3v) is 6.26. The maximum atomic E-state index is 12.7. The molecule has 3 rings (SSSR count). The first-order valence-corrected chi connectivity index (χ1v) is 10.2. The fourth-order valence-corrected chi connectivity index (χ4v) is 4.53. The Labute approximate surface area is 150 Å². The Morgan fingerprint density at radius 1 is 1.28 bits per heavy atom. The van der Waals surface area contributed by atoms with Crippen LogP contribution in [0.15, 0.2) is 41.9 Å². The molecule has 25 heavy (non-hydrogen) atoms. The van der Waals surface area contributed by atoms with Crippen molar-refractivity contribution in [2.75, 3.05) is 26.3 Å². The summed E-state index contributed by atoms with van der Waals surface area (Å²) >= 11 is 1.20. The summed E-state index contributed by atoms with van der Waals surface area (Å²) in [6.07, 6.45) is 1.80. The third kappa shape index (κ3) is 4.71. The molecule has 2 heterocycles. The molecule has 1 aliphatic heterocycles. The van der Waals surface area contributed by atoms with Crippen molar-refractivity contribution in [2.45, 2.75) is 12.5 Å². The second-order valence-electron chi connectivity index (χ2n) is 5.58. The number of Topliss-reactive ketones (excluding diaryl/α,β-unsaturated/α-hetero) is 1. The van der Waals surface area contributed by atoms with Crippen LogP contribution < -0.4 is 4.72 Å². The number of carbonyl (C=O) groups is 1. The Morgan fingerprint density at radius 2 is 2.00 bits per heavy atom. The van der Waals surface area contributed by atoms with E-state index >= 15 is 0 Å². The van der Waals surface area contributed by atoms with Crippen molar-refractivity contribution < 1.29 is 17.9 Å². The van der Waals surface area contributed by atoms with E-state index in [0.717, 1.165) is 5.56 Å². The molecular weight excluding hydrogens is 362 g/mol. The molecule has 7 nitrogen and oxygen atoms in total. The Kier molecular flexibility index (Phi) is 5.92. The highest BCUT2D eigenvalue weighted by Crippen LogP contribution is 2.14. The largest absolute Gasteiger partial charge is 0.379 e. The number of rotatable bonds is 7. The van der Waals surface area contributed by atoms with Gasteiger partial charge >= 0.3 is 0 Å². The highest BCUT2D eigenvalue weighted by atomic mass is 32.2. The van der Waals surface area contributed by atoms with Crippen LogP contribution in [0.5, 0.6) is 0 Å². The van der Waals surface area contributed by atoms with E-state index in [2.05, 4.69) is 9.71 Å². The standard InChI is InChI=1S/C16H19N3O4S2/c20-15(16-17-6-11-24-16)14(12-13-4-2-1-3-5-13)18-25(21,22)19-7-9-23-10-8-19/h1-6,11,14,18H,7-10,12H2/t14-/m0/s1. The van der Waals surface area contributed by atoms with Crippen molar-refractivity contribution in [3.63, 3.8) is 0 Å².